The molecule has 1 N–H and O–H groups in total. The molecule has 0 saturated carbocycles. The number of nitrogens with zero attached hydrogens (tertiary/aromatic N) is 4. The van der Waals surface area contributed by atoms with Crippen molar-refractivity contribution < 1.29 is 27.5 Å². The SMILES string of the molecule is CO[n+]1cc(CNC(=O)c2cc(N3CCC(C(F)(F)F)CC3)c3ncc(-c4ccc(C)s4)n3c2)ccc1C. The summed E-state index contributed by atoms with van der Waals surface area (Å²) in [6, 6.07) is 9.58. The number of rotatable bonds is 6. The van der Waals surface area contributed by atoms with E-state index in [2.05, 4.69) is 10.3 Å². The predicted molar refractivity (Wildman–Crippen MR) is 139 cm³/mol. The zero-order chi connectivity index (χ0) is 27.0. The number of aryl methyl sites for hydroxylation is 2. The van der Waals surface area contributed by atoms with E-state index < -0.39 is 12.1 Å². The van der Waals surface area contributed by atoms with Crippen LogP contribution in [-0.2, 0) is 6.54 Å². The molecule has 5 rings (SSSR count). The number of anilines is 1. The first kappa shape index (κ1) is 26.0. The Kier molecular flexibility index (Phi) is 7.04. The van der Waals surface area contributed by atoms with Crippen LogP contribution in [0.1, 0.15) is 39.3 Å². The summed E-state index contributed by atoms with van der Waals surface area (Å²) in [6.07, 6.45) is 1.13. The maximum absolute atomic E-state index is 13.3. The number of thiophene rings is 1. The summed E-state index contributed by atoms with van der Waals surface area (Å²) in [5, 5.41) is 2.96. The first-order valence-electron chi connectivity index (χ1n) is 12.4. The van der Waals surface area contributed by atoms with Gasteiger partial charge in [0.15, 0.2) is 5.65 Å². The van der Waals surface area contributed by atoms with Gasteiger partial charge in [-0.3, -0.25) is 14.0 Å². The van der Waals surface area contributed by atoms with E-state index in [0.29, 0.717) is 16.9 Å². The lowest BCUT2D eigenvalue weighted by atomic mass is 9.96. The van der Waals surface area contributed by atoms with Crippen LogP contribution in [-0.4, -0.2) is 41.7 Å². The van der Waals surface area contributed by atoms with Gasteiger partial charge in [-0.15, -0.1) is 11.3 Å². The second kappa shape index (κ2) is 10.3. The summed E-state index contributed by atoms with van der Waals surface area (Å²) in [5.74, 6) is -1.60. The molecule has 0 bridgehead atoms. The number of pyridine rings is 2. The lowest BCUT2D eigenvalue weighted by Crippen LogP contribution is -2.43. The largest absolute Gasteiger partial charge is 0.391 e. The highest BCUT2D eigenvalue weighted by Gasteiger charge is 2.41. The van der Waals surface area contributed by atoms with E-state index >= 15 is 0 Å². The monoisotopic (exact) mass is 544 g/mol. The normalized spacial score (nSPS) is 14.7. The van der Waals surface area contributed by atoms with Crippen molar-refractivity contribution in [3.63, 3.8) is 0 Å². The van der Waals surface area contributed by atoms with Gasteiger partial charge in [-0.05, 0) is 44.0 Å². The van der Waals surface area contributed by atoms with E-state index in [1.807, 2.05) is 53.6 Å². The number of imidazole rings is 1. The Morgan fingerprint density at radius 2 is 1.97 bits per heavy atom. The molecular formula is C27H29F3N5O2S+. The minimum absolute atomic E-state index is 0.0106. The van der Waals surface area contributed by atoms with Crippen LogP contribution < -0.4 is 19.8 Å². The third kappa shape index (κ3) is 5.20. The van der Waals surface area contributed by atoms with Crippen LogP contribution in [0.15, 0.2) is 48.9 Å². The fourth-order valence-electron chi connectivity index (χ4n) is 4.81. The summed E-state index contributed by atoms with van der Waals surface area (Å²) < 4.78 is 43.3. The second-order valence-electron chi connectivity index (χ2n) is 9.53. The highest BCUT2D eigenvalue weighted by atomic mass is 32.1. The van der Waals surface area contributed by atoms with E-state index in [1.54, 1.807) is 41.6 Å². The Labute approximate surface area is 222 Å². The quantitative estimate of drug-likeness (QED) is 0.357. The number of hydrogen-bond acceptors (Lipinski definition) is 5. The Bertz CT molecular complexity index is 1470. The van der Waals surface area contributed by atoms with Crippen LogP contribution >= 0.6 is 11.3 Å². The third-order valence-electron chi connectivity index (χ3n) is 6.96. The third-order valence-corrected chi connectivity index (χ3v) is 7.98. The van der Waals surface area contributed by atoms with Crippen molar-refractivity contribution in [1.82, 2.24) is 14.7 Å². The average molecular weight is 545 g/mol. The fraction of sp³-hybridized carbons (Fsp3) is 0.370. The van der Waals surface area contributed by atoms with Crippen LogP contribution in [0.25, 0.3) is 16.2 Å². The molecule has 5 heterocycles. The highest BCUT2D eigenvalue weighted by Crippen LogP contribution is 2.37. The maximum atomic E-state index is 13.3. The summed E-state index contributed by atoms with van der Waals surface area (Å²) >= 11 is 1.62. The first-order chi connectivity index (χ1) is 18.1. The van der Waals surface area contributed by atoms with Crippen LogP contribution in [0.2, 0.25) is 0 Å². The summed E-state index contributed by atoms with van der Waals surface area (Å²) in [6.45, 7) is 4.70. The van der Waals surface area contributed by atoms with Gasteiger partial charge in [0, 0.05) is 54.0 Å². The van der Waals surface area contributed by atoms with Gasteiger partial charge in [0.2, 0.25) is 11.9 Å². The summed E-state index contributed by atoms with van der Waals surface area (Å²) in [7, 11) is 1.57. The van der Waals surface area contributed by atoms with E-state index in [1.165, 1.54) is 0 Å². The minimum atomic E-state index is -4.20. The number of carbonyl (C=O) groups excluding carboxylic acids is 1. The molecule has 0 aromatic carbocycles. The van der Waals surface area contributed by atoms with Gasteiger partial charge in [-0.1, -0.05) is 0 Å². The van der Waals surface area contributed by atoms with Crippen molar-refractivity contribution in [1.29, 1.82) is 0 Å². The molecule has 1 saturated heterocycles. The van der Waals surface area contributed by atoms with Gasteiger partial charge in [0.1, 0.15) is 7.11 Å². The standard InChI is InChI=1S/C27H28F3N5O2S/c1-17-4-6-19(15-35(17)37-3)13-32-26(36)20-12-22(33-10-8-21(9-11-33)27(28,29)30)25-31-14-23(34(25)16-20)24-7-5-18(2)38-24/h4-7,12,14-16,21H,8-11,13H2,1-3H3/p+1. The number of fused-ring (bicyclic) bond motifs is 1. The van der Waals surface area contributed by atoms with Crippen LogP contribution in [0.5, 0.6) is 0 Å². The van der Waals surface area contributed by atoms with Crippen LogP contribution in [0.4, 0.5) is 18.9 Å². The predicted octanol–water partition coefficient (Wildman–Crippen LogP) is 4.73. The maximum Gasteiger partial charge on any atom is 0.391 e. The number of hydrogen-bond donors (Lipinski definition) is 1. The summed E-state index contributed by atoms with van der Waals surface area (Å²) in [4.78, 5) is 27.3. The number of amides is 1. The molecule has 0 atom stereocenters. The molecule has 0 aliphatic carbocycles. The van der Waals surface area contributed by atoms with Crippen molar-refractivity contribution in [3.8, 4) is 10.6 Å². The van der Waals surface area contributed by atoms with Crippen molar-refractivity contribution >= 4 is 28.6 Å². The molecular weight excluding hydrogens is 515 g/mol. The van der Waals surface area contributed by atoms with Gasteiger partial charge in [-0.2, -0.15) is 13.2 Å². The van der Waals surface area contributed by atoms with Crippen molar-refractivity contribution in [2.75, 3.05) is 25.1 Å². The molecule has 1 amide bonds. The molecule has 200 valence electrons. The Morgan fingerprint density at radius 1 is 1.21 bits per heavy atom. The number of halogens is 3. The first-order valence-corrected chi connectivity index (χ1v) is 13.2. The summed E-state index contributed by atoms with van der Waals surface area (Å²) in [5.41, 5.74) is 4.30. The zero-order valence-corrected chi connectivity index (χ0v) is 22.2. The van der Waals surface area contributed by atoms with Gasteiger partial charge < -0.3 is 10.2 Å². The molecule has 11 heteroatoms. The van der Waals surface area contributed by atoms with Gasteiger partial charge in [-0.25, -0.2) is 4.98 Å². The number of alkyl halides is 3. The Balaban J connectivity index is 1.47. The topological polar surface area (TPSA) is 62.8 Å². The van der Waals surface area contributed by atoms with E-state index in [4.69, 9.17) is 4.84 Å². The van der Waals surface area contributed by atoms with Crippen molar-refractivity contribution in [2.24, 2.45) is 5.92 Å². The smallest absolute Gasteiger partial charge is 0.368 e. The van der Waals surface area contributed by atoms with E-state index in [-0.39, 0.29) is 38.4 Å². The van der Waals surface area contributed by atoms with Gasteiger partial charge in [0.05, 0.1) is 33.9 Å². The molecule has 4 aromatic rings. The van der Waals surface area contributed by atoms with Gasteiger partial charge >= 0.3 is 6.18 Å². The number of piperidine rings is 1. The lowest BCUT2D eigenvalue weighted by molar-refractivity contribution is -0.889. The Hall–Kier alpha value is -3.60. The van der Waals surface area contributed by atoms with Crippen molar-refractivity contribution in [3.05, 3.63) is 70.6 Å². The lowest BCUT2D eigenvalue weighted by Gasteiger charge is -2.34. The molecule has 0 spiro atoms. The van der Waals surface area contributed by atoms with E-state index in [9.17, 15) is 18.0 Å². The minimum Gasteiger partial charge on any atom is -0.368 e. The molecule has 1 fully saturated rings. The molecule has 7 nitrogen and oxygen atoms in total. The molecule has 0 unspecified atom stereocenters. The van der Waals surface area contributed by atoms with Crippen molar-refractivity contribution in [2.45, 2.75) is 39.4 Å². The molecule has 38 heavy (non-hydrogen) atoms. The molecule has 1 aliphatic heterocycles. The van der Waals surface area contributed by atoms with Crippen LogP contribution in [0, 0.1) is 19.8 Å². The zero-order valence-electron chi connectivity index (χ0n) is 21.4. The van der Waals surface area contributed by atoms with Gasteiger partial charge in [0.25, 0.3) is 5.91 Å². The number of carbonyl (C=O) groups is 1. The number of nitrogens with one attached hydrogen (secondary N) is 1. The molecule has 4 aromatic heterocycles. The second-order valence-corrected chi connectivity index (χ2v) is 10.8. The average Bonchev–Trinajstić information content (AvgIpc) is 3.53. The molecule has 0 radical (unpaired) electrons. The Morgan fingerprint density at radius 3 is 2.63 bits per heavy atom. The number of aromatic nitrogens is 3. The highest BCUT2D eigenvalue weighted by molar-refractivity contribution is 7.15. The molecule has 1 aliphatic rings. The van der Waals surface area contributed by atoms with Crippen LogP contribution in [0.3, 0.4) is 0 Å². The van der Waals surface area contributed by atoms with E-state index in [0.717, 1.165) is 26.7 Å². The fourth-order valence-corrected chi connectivity index (χ4v) is 5.69.